The minimum atomic E-state index is -0.955. The number of fused-ring (bicyclic) bond motifs is 2. The Balaban J connectivity index is 1.42. The number of carbonyl (C=O) groups is 2. The van der Waals surface area contributed by atoms with E-state index in [4.69, 9.17) is 9.72 Å². The fraction of sp³-hybridized carbons (Fsp3) is 0.233. The molecule has 0 aliphatic carbocycles. The number of para-hydroxylation sites is 2. The molecule has 1 aliphatic heterocycles. The fourth-order valence-electron chi connectivity index (χ4n) is 4.68. The van der Waals surface area contributed by atoms with Crippen LogP contribution in [0.15, 0.2) is 78.9 Å². The predicted molar refractivity (Wildman–Crippen MR) is 141 cm³/mol. The Morgan fingerprint density at radius 1 is 1.00 bits per heavy atom. The van der Waals surface area contributed by atoms with Gasteiger partial charge in [0.25, 0.3) is 5.91 Å². The minimum Gasteiger partial charge on any atom is -0.449 e. The molecule has 3 aromatic carbocycles. The average molecular weight is 480 g/mol. The van der Waals surface area contributed by atoms with Crippen LogP contribution in [0.4, 0.5) is 5.69 Å². The normalized spacial score (nSPS) is 14.2. The first-order valence-electron chi connectivity index (χ1n) is 12.2. The number of benzene rings is 3. The zero-order chi connectivity index (χ0) is 25.1. The van der Waals surface area contributed by atoms with Gasteiger partial charge in [0, 0.05) is 48.4 Å². The van der Waals surface area contributed by atoms with Crippen molar-refractivity contribution in [2.45, 2.75) is 39.5 Å². The molecule has 0 saturated heterocycles. The standard InChI is InChI=1S/C30H29N3O3/c1-20-10-6-8-14-25(20)32-29(34)21(2)36-30(35)28-23-13-7-9-15-26(23)31-27-16-17-33(19-24(27)28)18-22-11-4-3-5-12-22/h3-15,21H,16-19H2,1-2H3,(H,32,34). The zero-order valence-electron chi connectivity index (χ0n) is 20.5. The van der Waals surface area contributed by atoms with E-state index in [0.717, 1.165) is 47.2 Å². The summed E-state index contributed by atoms with van der Waals surface area (Å²) in [7, 11) is 0. The minimum absolute atomic E-state index is 0.365. The summed E-state index contributed by atoms with van der Waals surface area (Å²) >= 11 is 0. The van der Waals surface area contributed by atoms with E-state index in [1.54, 1.807) is 6.92 Å². The molecule has 0 radical (unpaired) electrons. The van der Waals surface area contributed by atoms with E-state index in [-0.39, 0.29) is 5.91 Å². The lowest BCUT2D eigenvalue weighted by molar-refractivity contribution is -0.123. The summed E-state index contributed by atoms with van der Waals surface area (Å²) in [6.07, 6.45) is -0.208. The summed E-state index contributed by atoms with van der Waals surface area (Å²) in [5.41, 5.74) is 5.93. The number of hydrogen-bond donors (Lipinski definition) is 1. The Morgan fingerprint density at radius 3 is 2.53 bits per heavy atom. The highest BCUT2D eigenvalue weighted by Gasteiger charge is 2.28. The van der Waals surface area contributed by atoms with Gasteiger partial charge in [-0.1, -0.05) is 66.7 Å². The first-order chi connectivity index (χ1) is 17.5. The number of pyridine rings is 1. The Hall–Kier alpha value is -4.03. The largest absolute Gasteiger partial charge is 0.449 e. The van der Waals surface area contributed by atoms with Crippen LogP contribution in [-0.4, -0.2) is 34.4 Å². The second-order valence-electron chi connectivity index (χ2n) is 9.23. The third-order valence-corrected chi connectivity index (χ3v) is 6.63. The topological polar surface area (TPSA) is 71.5 Å². The second kappa shape index (κ2) is 10.3. The molecule has 0 fully saturated rings. The Kier molecular flexibility index (Phi) is 6.78. The molecule has 1 aliphatic rings. The number of amides is 1. The molecule has 4 aromatic rings. The Bertz CT molecular complexity index is 1420. The van der Waals surface area contributed by atoms with Crippen LogP contribution < -0.4 is 5.32 Å². The third kappa shape index (κ3) is 4.99. The number of carbonyl (C=O) groups excluding carboxylic acids is 2. The van der Waals surface area contributed by atoms with Crippen molar-refractivity contribution in [3.8, 4) is 0 Å². The maximum Gasteiger partial charge on any atom is 0.339 e. The molecule has 0 bridgehead atoms. The number of aryl methyl sites for hydroxylation is 1. The summed E-state index contributed by atoms with van der Waals surface area (Å²) in [5, 5.41) is 3.61. The number of nitrogens with zero attached hydrogens (tertiary/aromatic N) is 2. The monoisotopic (exact) mass is 479 g/mol. The van der Waals surface area contributed by atoms with Gasteiger partial charge in [-0.2, -0.15) is 0 Å². The zero-order valence-corrected chi connectivity index (χ0v) is 20.5. The van der Waals surface area contributed by atoms with Crippen LogP contribution in [0.2, 0.25) is 0 Å². The SMILES string of the molecule is Cc1ccccc1NC(=O)C(C)OC(=O)c1c2c(nc3ccccc13)CCN(Cc1ccccc1)C2. The highest BCUT2D eigenvalue weighted by molar-refractivity contribution is 6.06. The fourth-order valence-corrected chi connectivity index (χ4v) is 4.68. The lowest BCUT2D eigenvalue weighted by Crippen LogP contribution is -2.34. The van der Waals surface area contributed by atoms with Gasteiger partial charge in [0.15, 0.2) is 6.10 Å². The summed E-state index contributed by atoms with van der Waals surface area (Å²) in [6.45, 7) is 5.76. The van der Waals surface area contributed by atoms with Crippen molar-refractivity contribution in [1.29, 1.82) is 0 Å². The van der Waals surface area contributed by atoms with Crippen molar-refractivity contribution in [1.82, 2.24) is 9.88 Å². The van der Waals surface area contributed by atoms with Crippen LogP contribution in [0, 0.1) is 6.92 Å². The summed E-state index contributed by atoms with van der Waals surface area (Å²) in [5.74, 6) is -0.866. The molecule has 6 heteroatoms. The summed E-state index contributed by atoms with van der Waals surface area (Å²) < 4.78 is 5.74. The smallest absolute Gasteiger partial charge is 0.339 e. The number of rotatable bonds is 6. The van der Waals surface area contributed by atoms with Crippen molar-refractivity contribution in [3.63, 3.8) is 0 Å². The number of ether oxygens (including phenoxy) is 1. The van der Waals surface area contributed by atoms with Gasteiger partial charge < -0.3 is 10.1 Å². The first kappa shape index (κ1) is 23.7. The molecule has 1 unspecified atom stereocenters. The van der Waals surface area contributed by atoms with Gasteiger partial charge in [0.2, 0.25) is 0 Å². The molecule has 6 nitrogen and oxygen atoms in total. The predicted octanol–water partition coefficient (Wildman–Crippen LogP) is 5.29. The molecule has 1 aromatic heterocycles. The molecule has 36 heavy (non-hydrogen) atoms. The molecule has 1 N–H and O–H groups in total. The first-order valence-corrected chi connectivity index (χ1v) is 12.2. The molecule has 0 saturated carbocycles. The molecular weight excluding hydrogens is 450 g/mol. The number of hydrogen-bond acceptors (Lipinski definition) is 5. The number of anilines is 1. The summed E-state index contributed by atoms with van der Waals surface area (Å²) in [6, 6.07) is 25.4. The lowest BCUT2D eigenvalue weighted by Gasteiger charge is -2.30. The van der Waals surface area contributed by atoms with Crippen molar-refractivity contribution >= 4 is 28.5 Å². The second-order valence-corrected chi connectivity index (χ2v) is 9.23. The van der Waals surface area contributed by atoms with Crippen LogP contribution >= 0.6 is 0 Å². The van der Waals surface area contributed by atoms with Crippen molar-refractivity contribution in [2.24, 2.45) is 0 Å². The molecule has 5 rings (SSSR count). The van der Waals surface area contributed by atoms with Crippen LogP contribution in [0.1, 0.15) is 39.7 Å². The highest BCUT2D eigenvalue weighted by atomic mass is 16.5. The summed E-state index contributed by atoms with van der Waals surface area (Å²) in [4.78, 5) is 33.6. The van der Waals surface area contributed by atoms with Gasteiger partial charge in [-0.3, -0.25) is 14.7 Å². The molecule has 182 valence electrons. The van der Waals surface area contributed by atoms with Crippen molar-refractivity contribution in [3.05, 3.63) is 107 Å². The van der Waals surface area contributed by atoms with Crippen LogP contribution in [-0.2, 0) is 29.0 Å². The third-order valence-electron chi connectivity index (χ3n) is 6.63. The van der Waals surface area contributed by atoms with Crippen LogP contribution in [0.3, 0.4) is 0 Å². The number of aromatic nitrogens is 1. The van der Waals surface area contributed by atoms with E-state index in [0.29, 0.717) is 17.8 Å². The van der Waals surface area contributed by atoms with E-state index in [1.807, 2.05) is 73.7 Å². The number of esters is 1. The van der Waals surface area contributed by atoms with E-state index in [1.165, 1.54) is 5.56 Å². The van der Waals surface area contributed by atoms with Gasteiger partial charge in [-0.15, -0.1) is 0 Å². The van der Waals surface area contributed by atoms with Gasteiger partial charge in [0.1, 0.15) is 0 Å². The quantitative estimate of drug-likeness (QED) is 0.381. The van der Waals surface area contributed by atoms with Crippen LogP contribution in [0.25, 0.3) is 10.9 Å². The highest BCUT2D eigenvalue weighted by Crippen LogP contribution is 2.30. The van der Waals surface area contributed by atoms with E-state index >= 15 is 0 Å². The lowest BCUT2D eigenvalue weighted by atomic mass is 9.95. The van der Waals surface area contributed by atoms with Gasteiger partial charge in [-0.25, -0.2) is 4.79 Å². The molecular formula is C30H29N3O3. The molecule has 2 heterocycles. The molecule has 1 atom stereocenters. The van der Waals surface area contributed by atoms with Gasteiger partial charge in [0.05, 0.1) is 11.1 Å². The molecule has 0 spiro atoms. The van der Waals surface area contributed by atoms with Crippen molar-refractivity contribution < 1.29 is 14.3 Å². The Labute approximate surface area is 210 Å². The van der Waals surface area contributed by atoms with Gasteiger partial charge >= 0.3 is 5.97 Å². The maximum absolute atomic E-state index is 13.6. The Morgan fingerprint density at radius 2 is 1.72 bits per heavy atom. The maximum atomic E-state index is 13.6. The van der Waals surface area contributed by atoms with Crippen LogP contribution in [0.5, 0.6) is 0 Å². The van der Waals surface area contributed by atoms with E-state index in [9.17, 15) is 9.59 Å². The van der Waals surface area contributed by atoms with E-state index in [2.05, 4.69) is 22.3 Å². The molecule has 1 amide bonds. The van der Waals surface area contributed by atoms with Gasteiger partial charge in [-0.05, 0) is 37.1 Å². The number of nitrogens with one attached hydrogen (secondary N) is 1. The van der Waals surface area contributed by atoms with E-state index < -0.39 is 12.1 Å². The van der Waals surface area contributed by atoms with Crippen molar-refractivity contribution in [2.75, 3.05) is 11.9 Å². The average Bonchev–Trinajstić information content (AvgIpc) is 2.89.